The van der Waals surface area contributed by atoms with Crippen molar-refractivity contribution in [2.75, 3.05) is 0 Å². The molecule has 0 unspecified atom stereocenters. The summed E-state index contributed by atoms with van der Waals surface area (Å²) in [7, 11) is 0. The summed E-state index contributed by atoms with van der Waals surface area (Å²) < 4.78 is 6.03. The maximum Gasteiger partial charge on any atom is 0.227 e. The number of aromatic nitrogens is 1. The third-order valence-corrected chi connectivity index (χ3v) is 3.86. The van der Waals surface area contributed by atoms with Gasteiger partial charge in [-0.3, -0.25) is 0 Å². The van der Waals surface area contributed by atoms with Crippen molar-refractivity contribution in [1.29, 1.82) is 0 Å². The van der Waals surface area contributed by atoms with Gasteiger partial charge < -0.3 is 4.42 Å². The van der Waals surface area contributed by atoms with Crippen LogP contribution in [0.5, 0.6) is 0 Å². The lowest BCUT2D eigenvalue weighted by atomic mass is 10.0. The molecule has 0 atom stereocenters. The van der Waals surface area contributed by atoms with Crippen LogP contribution in [0.15, 0.2) is 65.1 Å². The van der Waals surface area contributed by atoms with Gasteiger partial charge in [0.1, 0.15) is 5.52 Å². The molecule has 0 aliphatic rings. The van der Waals surface area contributed by atoms with Crippen molar-refractivity contribution in [3.8, 4) is 11.5 Å². The van der Waals surface area contributed by atoms with Crippen LogP contribution in [-0.4, -0.2) is 4.98 Å². The van der Waals surface area contributed by atoms with Crippen molar-refractivity contribution in [3.63, 3.8) is 0 Å². The number of oxazole rings is 1. The Balaban J connectivity index is 1.97. The zero-order valence-electron chi connectivity index (χ0n) is 11.8. The minimum Gasteiger partial charge on any atom is -0.435 e. The molecule has 0 N–H and O–H groups in total. The van der Waals surface area contributed by atoms with E-state index in [0.29, 0.717) is 5.89 Å². The Morgan fingerprint density at radius 2 is 1.81 bits per heavy atom. The van der Waals surface area contributed by atoms with Crippen molar-refractivity contribution in [2.24, 2.45) is 0 Å². The Morgan fingerprint density at radius 1 is 0.952 bits per heavy atom. The third kappa shape index (κ3) is 2.00. The fraction of sp³-hybridized carbons (Fsp3) is 0.105. The normalized spacial score (nSPS) is 11.3. The monoisotopic (exact) mass is 273 g/mol. The zero-order chi connectivity index (χ0) is 14.2. The molecule has 4 aromatic rings. The van der Waals surface area contributed by atoms with Gasteiger partial charge in [0.05, 0.1) is 0 Å². The minimum absolute atomic E-state index is 0.678. The molecule has 1 heterocycles. The van der Waals surface area contributed by atoms with Crippen LogP contribution in [0.25, 0.3) is 33.3 Å². The molecule has 0 radical (unpaired) electrons. The molecule has 21 heavy (non-hydrogen) atoms. The highest BCUT2D eigenvalue weighted by molar-refractivity contribution is 6.03. The first kappa shape index (κ1) is 12.2. The minimum atomic E-state index is 0.678. The van der Waals surface area contributed by atoms with Crippen molar-refractivity contribution < 1.29 is 4.42 Å². The third-order valence-electron chi connectivity index (χ3n) is 3.86. The topological polar surface area (TPSA) is 26.0 Å². The van der Waals surface area contributed by atoms with E-state index in [1.54, 1.807) is 0 Å². The van der Waals surface area contributed by atoms with Crippen LogP contribution in [0.3, 0.4) is 0 Å². The number of fused-ring (bicyclic) bond motifs is 3. The quantitative estimate of drug-likeness (QED) is 0.501. The van der Waals surface area contributed by atoms with Crippen LogP contribution in [-0.2, 0) is 6.42 Å². The predicted octanol–water partition coefficient (Wildman–Crippen LogP) is 5.21. The van der Waals surface area contributed by atoms with Crippen molar-refractivity contribution in [1.82, 2.24) is 4.98 Å². The second-order valence-electron chi connectivity index (χ2n) is 5.21. The van der Waals surface area contributed by atoms with Gasteiger partial charge in [0.2, 0.25) is 5.89 Å². The van der Waals surface area contributed by atoms with Crippen molar-refractivity contribution >= 4 is 21.9 Å². The molecule has 0 aliphatic carbocycles. The number of rotatable bonds is 2. The van der Waals surface area contributed by atoms with Gasteiger partial charge in [0, 0.05) is 10.9 Å². The summed E-state index contributed by atoms with van der Waals surface area (Å²) in [6.07, 6.45) is 1.04. The van der Waals surface area contributed by atoms with E-state index in [2.05, 4.69) is 36.2 Å². The van der Waals surface area contributed by atoms with E-state index in [-0.39, 0.29) is 0 Å². The predicted molar refractivity (Wildman–Crippen MR) is 86.3 cm³/mol. The number of benzene rings is 3. The van der Waals surface area contributed by atoms with E-state index >= 15 is 0 Å². The molecule has 0 aliphatic heterocycles. The lowest BCUT2D eigenvalue weighted by Crippen LogP contribution is -1.80. The number of hydrogen-bond acceptors (Lipinski definition) is 2. The molecule has 0 bridgehead atoms. The highest BCUT2D eigenvalue weighted by Gasteiger charge is 2.10. The summed E-state index contributed by atoms with van der Waals surface area (Å²) in [5, 5.41) is 2.33. The van der Waals surface area contributed by atoms with Crippen LogP contribution in [0.1, 0.15) is 12.5 Å². The molecule has 102 valence electrons. The average Bonchev–Trinajstić information content (AvgIpc) is 2.99. The molecule has 0 saturated heterocycles. The van der Waals surface area contributed by atoms with Crippen LogP contribution in [0.4, 0.5) is 0 Å². The molecule has 2 heteroatoms. The van der Waals surface area contributed by atoms with Gasteiger partial charge in [-0.25, -0.2) is 4.98 Å². The average molecular weight is 273 g/mol. The fourth-order valence-corrected chi connectivity index (χ4v) is 2.69. The Morgan fingerprint density at radius 3 is 2.62 bits per heavy atom. The molecule has 0 fully saturated rings. The van der Waals surface area contributed by atoms with Gasteiger partial charge in [0.25, 0.3) is 0 Å². The number of hydrogen-bond donors (Lipinski definition) is 0. The highest BCUT2D eigenvalue weighted by Crippen LogP contribution is 2.30. The molecule has 0 amide bonds. The molecule has 0 spiro atoms. The van der Waals surface area contributed by atoms with Crippen molar-refractivity contribution in [2.45, 2.75) is 13.3 Å². The molecule has 3 aromatic carbocycles. The van der Waals surface area contributed by atoms with Crippen molar-refractivity contribution in [3.05, 3.63) is 66.2 Å². The van der Waals surface area contributed by atoms with Crippen LogP contribution < -0.4 is 0 Å². The second-order valence-corrected chi connectivity index (χ2v) is 5.21. The lowest BCUT2D eigenvalue weighted by molar-refractivity contribution is 0.623. The zero-order valence-corrected chi connectivity index (χ0v) is 11.8. The summed E-state index contributed by atoms with van der Waals surface area (Å²) in [6.45, 7) is 2.17. The molecular weight excluding hydrogens is 258 g/mol. The van der Waals surface area contributed by atoms with Gasteiger partial charge in [0.15, 0.2) is 5.58 Å². The standard InChI is InChI=1S/C19H15NO/c1-2-13-8-10-16-15(12-13)9-11-17-18(16)21-19(20-17)14-6-4-3-5-7-14/h3-12H,2H2,1H3. The summed E-state index contributed by atoms with van der Waals surface area (Å²) >= 11 is 0. The van der Waals surface area contributed by atoms with E-state index < -0.39 is 0 Å². The Hall–Kier alpha value is -2.61. The van der Waals surface area contributed by atoms with Gasteiger partial charge in [-0.2, -0.15) is 0 Å². The van der Waals surface area contributed by atoms with E-state index in [0.717, 1.165) is 28.5 Å². The maximum absolute atomic E-state index is 6.03. The highest BCUT2D eigenvalue weighted by atomic mass is 16.3. The first-order valence-electron chi connectivity index (χ1n) is 7.23. The van der Waals surface area contributed by atoms with E-state index in [1.807, 2.05) is 36.4 Å². The molecule has 0 saturated carbocycles. The first-order chi connectivity index (χ1) is 10.3. The smallest absolute Gasteiger partial charge is 0.227 e. The Labute approximate surface area is 123 Å². The summed E-state index contributed by atoms with van der Waals surface area (Å²) in [5.74, 6) is 0.678. The number of nitrogens with zero attached hydrogens (tertiary/aromatic N) is 1. The van der Waals surface area contributed by atoms with Crippen LogP contribution >= 0.6 is 0 Å². The summed E-state index contributed by atoms with van der Waals surface area (Å²) in [4.78, 5) is 4.61. The summed E-state index contributed by atoms with van der Waals surface area (Å²) in [5.41, 5.74) is 4.12. The Bertz CT molecular complexity index is 922. The van der Waals surface area contributed by atoms with E-state index in [9.17, 15) is 0 Å². The molecular formula is C19H15NO. The van der Waals surface area contributed by atoms with E-state index in [1.165, 1.54) is 10.9 Å². The first-order valence-corrected chi connectivity index (χ1v) is 7.23. The molecule has 2 nitrogen and oxygen atoms in total. The lowest BCUT2D eigenvalue weighted by Gasteiger charge is -2.01. The fourth-order valence-electron chi connectivity index (χ4n) is 2.69. The largest absolute Gasteiger partial charge is 0.435 e. The van der Waals surface area contributed by atoms with Crippen LogP contribution in [0.2, 0.25) is 0 Å². The van der Waals surface area contributed by atoms with Gasteiger partial charge >= 0.3 is 0 Å². The van der Waals surface area contributed by atoms with Gasteiger partial charge in [-0.05, 0) is 35.6 Å². The SMILES string of the molecule is CCc1ccc2c(ccc3nc(-c4ccccc4)oc32)c1. The number of aryl methyl sites for hydroxylation is 1. The van der Waals surface area contributed by atoms with E-state index in [4.69, 9.17) is 4.42 Å². The van der Waals surface area contributed by atoms with Crippen LogP contribution in [0, 0.1) is 0 Å². The molecule has 4 rings (SSSR count). The summed E-state index contributed by atoms with van der Waals surface area (Å²) in [6, 6.07) is 20.7. The second kappa shape index (κ2) is 4.74. The Kier molecular flexibility index (Phi) is 2.74. The maximum atomic E-state index is 6.03. The van der Waals surface area contributed by atoms with Gasteiger partial charge in [-0.1, -0.05) is 49.4 Å². The van der Waals surface area contributed by atoms with Gasteiger partial charge in [-0.15, -0.1) is 0 Å². The molecule has 1 aromatic heterocycles.